The number of carboxylic acids is 1. The number of nitrogens with zero attached hydrogens (tertiary/aromatic N) is 2. The van der Waals surface area contributed by atoms with Crippen LogP contribution < -0.4 is 10.9 Å². The van der Waals surface area contributed by atoms with Gasteiger partial charge in [-0.2, -0.15) is 5.10 Å². The van der Waals surface area contributed by atoms with Gasteiger partial charge in [0.05, 0.1) is 0 Å². The summed E-state index contributed by atoms with van der Waals surface area (Å²) in [6.45, 7) is 1.89. The molecule has 0 saturated heterocycles. The van der Waals surface area contributed by atoms with E-state index in [0.29, 0.717) is 6.54 Å². The van der Waals surface area contributed by atoms with Crippen molar-refractivity contribution >= 4 is 11.9 Å². The second-order valence-electron chi connectivity index (χ2n) is 2.97. The molecule has 1 amide bonds. The van der Waals surface area contributed by atoms with Gasteiger partial charge in [-0.1, -0.05) is 0 Å². The van der Waals surface area contributed by atoms with Gasteiger partial charge in [-0.05, 0) is 13.0 Å². The highest BCUT2D eigenvalue weighted by Gasteiger charge is 2.09. The molecule has 0 spiro atoms. The fourth-order valence-electron chi connectivity index (χ4n) is 1.07. The van der Waals surface area contributed by atoms with Gasteiger partial charge in [0.2, 0.25) is 5.91 Å². The van der Waals surface area contributed by atoms with E-state index in [0.717, 1.165) is 16.8 Å². The Hall–Kier alpha value is -2.18. The van der Waals surface area contributed by atoms with Gasteiger partial charge in [0.1, 0.15) is 6.54 Å². The molecule has 0 fully saturated rings. The van der Waals surface area contributed by atoms with Crippen molar-refractivity contribution in [2.45, 2.75) is 13.5 Å². The Morgan fingerprint density at radius 1 is 1.50 bits per heavy atom. The summed E-state index contributed by atoms with van der Waals surface area (Å²) < 4.78 is 0.814. The molecule has 1 rings (SSSR count). The van der Waals surface area contributed by atoms with Gasteiger partial charge in [0.15, 0.2) is 5.69 Å². The fraction of sp³-hybridized carbons (Fsp3) is 0.333. The molecule has 0 bridgehead atoms. The Bertz CT molecular complexity index is 466. The molecule has 0 aliphatic carbocycles. The van der Waals surface area contributed by atoms with Crippen molar-refractivity contribution in [1.29, 1.82) is 0 Å². The lowest BCUT2D eigenvalue weighted by atomic mass is 10.4. The van der Waals surface area contributed by atoms with Crippen LogP contribution in [0.15, 0.2) is 16.9 Å². The van der Waals surface area contributed by atoms with Crippen molar-refractivity contribution in [3.8, 4) is 0 Å². The summed E-state index contributed by atoms with van der Waals surface area (Å²) in [5, 5.41) is 14.7. The van der Waals surface area contributed by atoms with Crippen LogP contribution >= 0.6 is 0 Å². The van der Waals surface area contributed by atoms with Gasteiger partial charge in [-0.25, -0.2) is 9.48 Å². The SMILES string of the molecule is CCNC(=O)Cn1nc(C(=O)O)ccc1=O. The lowest BCUT2D eigenvalue weighted by Gasteiger charge is -2.04. The van der Waals surface area contributed by atoms with Crippen molar-refractivity contribution in [3.63, 3.8) is 0 Å². The number of carbonyl (C=O) groups is 2. The maximum atomic E-state index is 11.3. The number of likely N-dealkylation sites (N-methyl/N-ethyl adjacent to an activating group) is 1. The molecule has 0 radical (unpaired) electrons. The number of carboxylic acid groups (broad SMARTS) is 1. The van der Waals surface area contributed by atoms with Crippen molar-refractivity contribution in [2.75, 3.05) is 6.54 Å². The molecule has 86 valence electrons. The molecular formula is C9H11N3O4. The van der Waals surface area contributed by atoms with Crippen LogP contribution in [0.4, 0.5) is 0 Å². The number of hydrogen-bond donors (Lipinski definition) is 2. The van der Waals surface area contributed by atoms with Crippen molar-refractivity contribution in [2.24, 2.45) is 0 Å². The largest absolute Gasteiger partial charge is 0.476 e. The van der Waals surface area contributed by atoms with Gasteiger partial charge in [-0.3, -0.25) is 9.59 Å². The summed E-state index contributed by atoms with van der Waals surface area (Å²) in [4.78, 5) is 33.0. The highest BCUT2D eigenvalue weighted by atomic mass is 16.4. The second kappa shape index (κ2) is 5.06. The summed E-state index contributed by atoms with van der Waals surface area (Å²) in [6, 6.07) is 2.16. The second-order valence-corrected chi connectivity index (χ2v) is 2.97. The Balaban J connectivity index is 2.94. The van der Waals surface area contributed by atoms with Gasteiger partial charge < -0.3 is 10.4 Å². The monoisotopic (exact) mass is 225 g/mol. The van der Waals surface area contributed by atoms with Crippen molar-refractivity contribution in [3.05, 3.63) is 28.2 Å². The number of rotatable bonds is 4. The van der Waals surface area contributed by atoms with E-state index < -0.39 is 11.5 Å². The van der Waals surface area contributed by atoms with E-state index in [-0.39, 0.29) is 18.1 Å². The lowest BCUT2D eigenvalue weighted by molar-refractivity contribution is -0.121. The van der Waals surface area contributed by atoms with Crippen LogP contribution in [-0.2, 0) is 11.3 Å². The zero-order valence-electron chi connectivity index (χ0n) is 8.64. The third kappa shape index (κ3) is 2.91. The Morgan fingerprint density at radius 2 is 2.19 bits per heavy atom. The molecule has 0 aromatic carbocycles. The first-order chi connectivity index (χ1) is 7.54. The predicted octanol–water partition coefficient (Wildman–Crippen LogP) is -0.922. The van der Waals surface area contributed by atoms with Crippen LogP contribution in [0.2, 0.25) is 0 Å². The number of hydrogen-bond acceptors (Lipinski definition) is 4. The summed E-state index contributed by atoms with van der Waals surface area (Å²) >= 11 is 0. The molecule has 0 aliphatic heterocycles. The normalized spacial score (nSPS) is 9.81. The van der Waals surface area contributed by atoms with Gasteiger partial charge in [-0.15, -0.1) is 0 Å². The van der Waals surface area contributed by atoms with Crippen LogP contribution in [0.5, 0.6) is 0 Å². The van der Waals surface area contributed by atoms with E-state index in [1.54, 1.807) is 6.92 Å². The van der Waals surface area contributed by atoms with Gasteiger partial charge in [0, 0.05) is 12.6 Å². The first-order valence-corrected chi connectivity index (χ1v) is 4.62. The molecular weight excluding hydrogens is 214 g/mol. The Kier molecular flexibility index (Phi) is 3.76. The van der Waals surface area contributed by atoms with Crippen LogP contribution in [0.3, 0.4) is 0 Å². The van der Waals surface area contributed by atoms with Crippen molar-refractivity contribution in [1.82, 2.24) is 15.1 Å². The summed E-state index contributed by atoms with van der Waals surface area (Å²) in [7, 11) is 0. The zero-order valence-corrected chi connectivity index (χ0v) is 8.64. The minimum atomic E-state index is -1.25. The maximum absolute atomic E-state index is 11.3. The van der Waals surface area contributed by atoms with E-state index in [4.69, 9.17) is 5.11 Å². The quantitative estimate of drug-likeness (QED) is 0.689. The molecule has 0 atom stereocenters. The maximum Gasteiger partial charge on any atom is 0.356 e. The first kappa shape index (κ1) is 11.9. The standard InChI is InChI=1S/C9H11N3O4/c1-2-10-7(13)5-12-8(14)4-3-6(11-12)9(15)16/h3-4H,2,5H2,1H3,(H,10,13)(H,15,16). The van der Waals surface area contributed by atoms with Gasteiger partial charge >= 0.3 is 5.97 Å². The number of nitrogens with one attached hydrogen (secondary N) is 1. The average Bonchev–Trinajstić information content (AvgIpc) is 2.21. The van der Waals surface area contributed by atoms with Crippen LogP contribution in [0, 0.1) is 0 Å². The molecule has 1 aromatic heterocycles. The highest BCUT2D eigenvalue weighted by Crippen LogP contribution is 1.89. The molecule has 2 N–H and O–H groups in total. The van der Waals surface area contributed by atoms with E-state index >= 15 is 0 Å². The smallest absolute Gasteiger partial charge is 0.356 e. The van der Waals surface area contributed by atoms with Crippen LogP contribution in [0.25, 0.3) is 0 Å². The lowest BCUT2D eigenvalue weighted by Crippen LogP contribution is -2.34. The summed E-state index contributed by atoms with van der Waals surface area (Å²) in [5.74, 6) is -1.63. The predicted molar refractivity (Wildman–Crippen MR) is 54.1 cm³/mol. The molecule has 1 aromatic rings. The minimum Gasteiger partial charge on any atom is -0.476 e. The third-order valence-electron chi connectivity index (χ3n) is 1.75. The Labute approximate surface area is 90.7 Å². The van der Waals surface area contributed by atoms with E-state index in [2.05, 4.69) is 10.4 Å². The van der Waals surface area contributed by atoms with Crippen LogP contribution in [0.1, 0.15) is 17.4 Å². The minimum absolute atomic E-state index is 0.274. The van der Waals surface area contributed by atoms with Crippen LogP contribution in [-0.4, -0.2) is 33.3 Å². The van der Waals surface area contributed by atoms with E-state index in [1.165, 1.54) is 0 Å². The summed E-state index contributed by atoms with van der Waals surface area (Å²) in [6.07, 6.45) is 0. The number of amides is 1. The van der Waals surface area contributed by atoms with Crippen molar-refractivity contribution < 1.29 is 14.7 Å². The molecule has 1 heterocycles. The Morgan fingerprint density at radius 3 is 2.75 bits per heavy atom. The van der Waals surface area contributed by atoms with E-state index in [1.807, 2.05) is 0 Å². The highest BCUT2D eigenvalue weighted by molar-refractivity contribution is 5.85. The molecule has 0 saturated carbocycles. The fourth-order valence-corrected chi connectivity index (χ4v) is 1.07. The molecule has 7 heteroatoms. The third-order valence-corrected chi connectivity index (χ3v) is 1.75. The molecule has 0 unspecified atom stereocenters. The number of aromatic carboxylic acids is 1. The first-order valence-electron chi connectivity index (χ1n) is 4.62. The number of carbonyl (C=O) groups excluding carboxylic acids is 1. The molecule has 0 aliphatic rings. The molecule has 16 heavy (non-hydrogen) atoms. The average molecular weight is 225 g/mol. The number of aromatic nitrogens is 2. The van der Waals surface area contributed by atoms with E-state index in [9.17, 15) is 14.4 Å². The van der Waals surface area contributed by atoms with Gasteiger partial charge in [0.25, 0.3) is 5.56 Å². The topological polar surface area (TPSA) is 101 Å². The molecule has 7 nitrogen and oxygen atoms in total. The summed E-state index contributed by atoms with van der Waals surface area (Å²) in [5.41, 5.74) is -0.792. The zero-order chi connectivity index (χ0) is 12.1.